The number of fused-ring (bicyclic) bond motifs is 1. The number of hydrogen-bond donors (Lipinski definition) is 2. The van der Waals surface area contributed by atoms with Gasteiger partial charge in [-0.25, -0.2) is 0 Å². The minimum atomic E-state index is 0.179. The topological polar surface area (TPSA) is 45.7 Å². The van der Waals surface area contributed by atoms with Crippen LogP contribution in [0.3, 0.4) is 0 Å². The highest BCUT2D eigenvalue weighted by Gasteiger charge is 2.59. The summed E-state index contributed by atoms with van der Waals surface area (Å²) in [6.45, 7) is 6.36. The average molecular weight is 301 g/mol. The number of hydrogen-bond acceptors (Lipinski definition) is 2. The highest BCUT2D eigenvalue weighted by molar-refractivity contribution is 5.80. The van der Waals surface area contributed by atoms with Crippen molar-refractivity contribution in [3.05, 3.63) is 35.9 Å². The highest BCUT2D eigenvalue weighted by Crippen LogP contribution is 2.51. The first kappa shape index (κ1) is 15.3. The van der Waals surface area contributed by atoms with Crippen molar-refractivity contribution in [1.29, 1.82) is 0 Å². The van der Waals surface area contributed by atoms with Crippen LogP contribution in [0.25, 0.3) is 0 Å². The van der Waals surface area contributed by atoms with Crippen molar-refractivity contribution in [1.82, 2.24) is 10.6 Å². The Morgan fingerprint density at radius 2 is 2.09 bits per heavy atom. The number of nitrogens with one attached hydrogen (secondary N) is 2. The van der Waals surface area contributed by atoms with Gasteiger partial charge in [0, 0.05) is 37.6 Å². The summed E-state index contributed by atoms with van der Waals surface area (Å²) in [6, 6.07) is 11.0. The number of rotatable bonds is 4. The van der Waals surface area contributed by atoms with E-state index < -0.39 is 0 Å². The number of guanidine groups is 1. The van der Waals surface area contributed by atoms with E-state index in [1.54, 1.807) is 0 Å². The van der Waals surface area contributed by atoms with Gasteiger partial charge in [-0.3, -0.25) is 4.99 Å². The molecule has 1 aliphatic heterocycles. The van der Waals surface area contributed by atoms with Crippen LogP contribution in [0.4, 0.5) is 0 Å². The molecular formula is C18H27N3O. The summed E-state index contributed by atoms with van der Waals surface area (Å²) in [6.07, 6.45) is 2.57. The van der Waals surface area contributed by atoms with E-state index in [0.717, 1.165) is 32.0 Å². The molecule has 0 aromatic heterocycles. The second kappa shape index (κ2) is 6.29. The van der Waals surface area contributed by atoms with Crippen LogP contribution in [0.15, 0.2) is 35.3 Å². The van der Waals surface area contributed by atoms with E-state index in [2.05, 4.69) is 59.8 Å². The molecule has 3 atom stereocenters. The van der Waals surface area contributed by atoms with Crippen molar-refractivity contribution >= 4 is 5.96 Å². The Bertz CT molecular complexity index is 526. The van der Waals surface area contributed by atoms with Gasteiger partial charge in [-0.15, -0.1) is 0 Å². The quantitative estimate of drug-likeness (QED) is 0.662. The Balaban J connectivity index is 1.50. The molecule has 3 unspecified atom stereocenters. The lowest BCUT2D eigenvalue weighted by atomic mass is 9.57. The molecule has 2 aliphatic rings. The lowest BCUT2D eigenvalue weighted by Gasteiger charge is -2.54. The van der Waals surface area contributed by atoms with E-state index in [1.165, 1.54) is 5.56 Å². The second-order valence-electron chi connectivity index (χ2n) is 6.92. The lowest BCUT2D eigenvalue weighted by molar-refractivity contribution is -0.106. The van der Waals surface area contributed by atoms with Gasteiger partial charge in [0.1, 0.15) is 0 Å². The minimum absolute atomic E-state index is 0.179. The van der Waals surface area contributed by atoms with Crippen molar-refractivity contribution in [2.45, 2.75) is 38.8 Å². The van der Waals surface area contributed by atoms with Crippen LogP contribution in [0.5, 0.6) is 0 Å². The van der Waals surface area contributed by atoms with Gasteiger partial charge < -0.3 is 15.4 Å². The van der Waals surface area contributed by atoms with Crippen LogP contribution >= 0.6 is 0 Å². The summed E-state index contributed by atoms with van der Waals surface area (Å²) in [5, 5.41) is 7.04. The fraction of sp³-hybridized carbons (Fsp3) is 0.611. The number of aliphatic imine (C=N–C) groups is 1. The molecule has 1 aromatic carbocycles. The maximum atomic E-state index is 5.85. The molecule has 2 fully saturated rings. The molecule has 1 saturated carbocycles. The fourth-order valence-corrected chi connectivity index (χ4v) is 3.93. The summed E-state index contributed by atoms with van der Waals surface area (Å²) in [5.41, 5.74) is 1.52. The maximum Gasteiger partial charge on any atom is 0.191 e. The molecule has 4 nitrogen and oxygen atoms in total. The first-order valence-corrected chi connectivity index (χ1v) is 8.25. The van der Waals surface area contributed by atoms with Gasteiger partial charge in [-0.05, 0) is 18.4 Å². The summed E-state index contributed by atoms with van der Waals surface area (Å²) in [7, 11) is 1.84. The molecule has 3 rings (SSSR count). The Kier molecular flexibility index (Phi) is 4.39. The van der Waals surface area contributed by atoms with Crippen molar-refractivity contribution < 1.29 is 4.74 Å². The van der Waals surface area contributed by atoms with Crippen LogP contribution in [0.1, 0.15) is 25.8 Å². The van der Waals surface area contributed by atoms with Gasteiger partial charge in [0.25, 0.3) is 0 Å². The zero-order valence-corrected chi connectivity index (χ0v) is 13.8. The molecule has 4 heteroatoms. The standard InChI is InChI=1S/C18H27N3O/c1-18(2)15(14-10-12-22-16(14)18)21-17(19-3)20-11-9-13-7-5-4-6-8-13/h4-8,14-16H,9-12H2,1-3H3,(H2,19,20,21). The predicted molar refractivity (Wildman–Crippen MR) is 90.1 cm³/mol. The van der Waals surface area contributed by atoms with Gasteiger partial charge in [0.15, 0.2) is 5.96 Å². The van der Waals surface area contributed by atoms with Gasteiger partial charge in [0.05, 0.1) is 6.10 Å². The third-order valence-electron chi connectivity index (χ3n) is 5.17. The summed E-state index contributed by atoms with van der Waals surface area (Å²) in [4.78, 5) is 4.37. The molecule has 120 valence electrons. The van der Waals surface area contributed by atoms with E-state index in [1.807, 2.05) is 7.05 Å². The first-order valence-electron chi connectivity index (χ1n) is 8.25. The van der Waals surface area contributed by atoms with Crippen molar-refractivity contribution in [2.24, 2.45) is 16.3 Å². The Labute approximate surface area is 133 Å². The van der Waals surface area contributed by atoms with E-state index in [4.69, 9.17) is 4.74 Å². The number of nitrogens with zero attached hydrogens (tertiary/aromatic N) is 1. The molecule has 22 heavy (non-hydrogen) atoms. The summed E-state index contributed by atoms with van der Waals surface area (Å²) in [5.74, 6) is 1.53. The predicted octanol–water partition coefficient (Wildman–Crippen LogP) is 2.21. The molecule has 0 radical (unpaired) electrons. The zero-order chi connectivity index (χ0) is 15.6. The van der Waals surface area contributed by atoms with E-state index >= 15 is 0 Å². The number of benzene rings is 1. The Hall–Kier alpha value is -1.55. The van der Waals surface area contributed by atoms with E-state index in [-0.39, 0.29) is 5.41 Å². The van der Waals surface area contributed by atoms with Crippen LogP contribution < -0.4 is 10.6 Å². The van der Waals surface area contributed by atoms with Crippen molar-refractivity contribution in [2.75, 3.05) is 20.2 Å². The van der Waals surface area contributed by atoms with Crippen LogP contribution in [0.2, 0.25) is 0 Å². The minimum Gasteiger partial charge on any atom is -0.377 e. The monoisotopic (exact) mass is 301 g/mol. The molecule has 0 bridgehead atoms. The molecular weight excluding hydrogens is 274 g/mol. The highest BCUT2D eigenvalue weighted by atomic mass is 16.5. The van der Waals surface area contributed by atoms with Gasteiger partial charge >= 0.3 is 0 Å². The second-order valence-corrected chi connectivity index (χ2v) is 6.92. The SMILES string of the molecule is CN=C(NCCc1ccccc1)NC1C2CCOC2C1(C)C. The maximum absolute atomic E-state index is 5.85. The third kappa shape index (κ3) is 2.84. The van der Waals surface area contributed by atoms with E-state index in [0.29, 0.717) is 18.1 Å². The largest absolute Gasteiger partial charge is 0.377 e. The van der Waals surface area contributed by atoms with Gasteiger partial charge in [-0.2, -0.15) is 0 Å². The van der Waals surface area contributed by atoms with Gasteiger partial charge in [-0.1, -0.05) is 44.2 Å². The van der Waals surface area contributed by atoms with Crippen molar-refractivity contribution in [3.63, 3.8) is 0 Å². The molecule has 1 saturated heterocycles. The van der Waals surface area contributed by atoms with Crippen LogP contribution in [-0.2, 0) is 11.2 Å². The molecule has 0 amide bonds. The zero-order valence-electron chi connectivity index (χ0n) is 13.8. The van der Waals surface area contributed by atoms with Crippen molar-refractivity contribution in [3.8, 4) is 0 Å². The molecule has 1 aromatic rings. The average Bonchev–Trinajstić information content (AvgIpc) is 2.98. The molecule has 1 aliphatic carbocycles. The smallest absolute Gasteiger partial charge is 0.191 e. The molecule has 0 spiro atoms. The van der Waals surface area contributed by atoms with Gasteiger partial charge in [0.2, 0.25) is 0 Å². The first-order chi connectivity index (χ1) is 10.6. The van der Waals surface area contributed by atoms with Crippen LogP contribution in [0, 0.1) is 11.3 Å². The molecule has 1 heterocycles. The third-order valence-corrected chi connectivity index (χ3v) is 5.17. The van der Waals surface area contributed by atoms with E-state index in [9.17, 15) is 0 Å². The number of ether oxygens (including phenoxy) is 1. The summed E-state index contributed by atoms with van der Waals surface area (Å²) >= 11 is 0. The Morgan fingerprint density at radius 3 is 2.82 bits per heavy atom. The normalized spacial score (nSPS) is 29.6. The Morgan fingerprint density at radius 1 is 1.32 bits per heavy atom. The summed E-state index contributed by atoms with van der Waals surface area (Å²) < 4.78 is 5.85. The van der Waals surface area contributed by atoms with Crippen LogP contribution in [-0.4, -0.2) is 38.3 Å². The lowest BCUT2D eigenvalue weighted by Crippen LogP contribution is -2.68. The fourth-order valence-electron chi connectivity index (χ4n) is 3.93. The molecule has 2 N–H and O–H groups in total.